The van der Waals surface area contributed by atoms with Gasteiger partial charge in [0.2, 0.25) is 29.4 Å². The summed E-state index contributed by atoms with van der Waals surface area (Å²) in [4.78, 5) is 200. The number of methoxy groups -OCH3 is 3. The number of rotatable bonds is 32. The van der Waals surface area contributed by atoms with Crippen molar-refractivity contribution < 1.29 is 131 Å². The van der Waals surface area contributed by atoms with Crippen molar-refractivity contribution in [3.05, 3.63) is 47.6 Å². The Kier molecular flexibility index (Phi) is 40.8. The molecule has 622 valence electrons. The number of nitrogens with two attached hydrogens (primary N) is 2. The molecule has 4 aliphatic rings. The molecule has 13 N–H and O–H groups in total. The molecule has 0 radical (unpaired) electrons. The lowest BCUT2D eigenvalue weighted by Crippen LogP contribution is -2.61. The molecule has 34 nitrogen and oxygen atoms in total. The van der Waals surface area contributed by atoms with Crippen LogP contribution >= 0.6 is 23.5 Å². The largest absolute Gasteiger partial charge is 0.480 e. The first-order valence-corrected chi connectivity index (χ1v) is 39.5. The molecule has 1 saturated carbocycles. The number of thioether (sulfide) groups is 2. The van der Waals surface area contributed by atoms with E-state index in [1.165, 1.54) is 41.3 Å². The molecule has 1 unspecified atom stereocenters. The van der Waals surface area contributed by atoms with Gasteiger partial charge in [0, 0.05) is 82.8 Å². The zero-order chi connectivity index (χ0) is 83.0. The summed E-state index contributed by atoms with van der Waals surface area (Å²) in [5, 5.41) is 58.1. The van der Waals surface area contributed by atoms with E-state index in [2.05, 4.69) is 21.3 Å². The van der Waals surface area contributed by atoms with E-state index in [-0.39, 0.29) is 99.0 Å². The monoisotopic (exact) mass is 1610 g/mol. The van der Waals surface area contributed by atoms with E-state index in [0.29, 0.717) is 32.1 Å². The zero-order valence-electron chi connectivity index (χ0n) is 64.8. The van der Waals surface area contributed by atoms with E-state index in [0.717, 1.165) is 34.0 Å². The minimum atomic E-state index is -2.59. The van der Waals surface area contributed by atoms with Crippen molar-refractivity contribution in [2.45, 2.75) is 230 Å². The fourth-order valence-corrected chi connectivity index (χ4v) is 15.2. The number of carboxylic acids is 4. The van der Waals surface area contributed by atoms with E-state index in [9.17, 15) is 77.6 Å². The molecule has 19 atom stereocenters. The molecule has 0 aromatic heterocycles. The van der Waals surface area contributed by atoms with Crippen LogP contribution in [0.4, 0.5) is 0 Å². The van der Waals surface area contributed by atoms with Gasteiger partial charge in [-0.05, 0) is 120 Å². The van der Waals surface area contributed by atoms with Crippen molar-refractivity contribution >= 4 is 112 Å². The third-order valence-corrected chi connectivity index (χ3v) is 22.1. The summed E-state index contributed by atoms with van der Waals surface area (Å²) >= 11 is 1.68. The highest BCUT2D eigenvalue weighted by Crippen LogP contribution is 2.39. The number of carbonyl (C=O) groups excluding carboxylic acids is 11. The molecule has 0 aromatic carbocycles. The van der Waals surface area contributed by atoms with Crippen molar-refractivity contribution in [3.8, 4) is 0 Å². The fraction of sp³-hybridized carbons (Fsp3) is 0.693. The highest BCUT2D eigenvalue weighted by molar-refractivity contribution is 8.00. The molecule has 3 aliphatic heterocycles. The molecule has 111 heavy (non-hydrogen) atoms. The Balaban J connectivity index is 1.73. The van der Waals surface area contributed by atoms with Crippen LogP contribution in [0.15, 0.2) is 47.6 Å². The van der Waals surface area contributed by atoms with Crippen molar-refractivity contribution in [2.24, 2.45) is 47.0 Å². The number of aliphatic carboxylic acids is 4. The van der Waals surface area contributed by atoms with E-state index in [1.807, 2.05) is 26.0 Å². The predicted molar refractivity (Wildman–Crippen MR) is 402 cm³/mol. The topological polar surface area (TPSA) is 525 Å². The Morgan fingerprint density at radius 2 is 1.25 bits per heavy atom. The van der Waals surface area contributed by atoms with Gasteiger partial charge >= 0.3 is 41.8 Å². The lowest BCUT2D eigenvalue weighted by molar-refractivity contribution is -0.265. The molecule has 36 heteroatoms. The molecule has 0 spiro atoms. The van der Waals surface area contributed by atoms with E-state index in [4.69, 9.17) is 54.8 Å². The number of hydrogen-bond acceptors (Lipinski definition) is 27. The summed E-state index contributed by atoms with van der Waals surface area (Å²) < 4.78 is 42.2. The van der Waals surface area contributed by atoms with Gasteiger partial charge in [-0.25, -0.2) is 4.79 Å². The number of nitrogens with one attached hydrogen (secondary N) is 4. The molecule has 4 rings (SSSR count). The number of esters is 3. The Hall–Kier alpha value is -7.97. The number of carbonyl (C=O) groups is 15. The molecular weight excluding hydrogens is 1490 g/mol. The summed E-state index contributed by atoms with van der Waals surface area (Å²) in [7, 11) is 4.17. The summed E-state index contributed by atoms with van der Waals surface area (Å²) in [6.07, 6.45) is 4.91. The smallest absolute Gasteiger partial charge is 0.329 e. The van der Waals surface area contributed by atoms with E-state index < -0.39 is 223 Å². The number of ether oxygens (including phenoxy) is 7. The number of ketones is 3. The van der Waals surface area contributed by atoms with Crippen LogP contribution in [0.2, 0.25) is 0 Å². The van der Waals surface area contributed by atoms with Gasteiger partial charge in [0.25, 0.3) is 11.7 Å². The summed E-state index contributed by atoms with van der Waals surface area (Å²) in [6, 6.07) is -6.93. The molecule has 2 bridgehead atoms. The van der Waals surface area contributed by atoms with E-state index >= 15 is 9.59 Å². The van der Waals surface area contributed by atoms with Crippen LogP contribution in [0.1, 0.15) is 151 Å². The minimum Gasteiger partial charge on any atom is -0.480 e. The second-order valence-electron chi connectivity index (χ2n) is 29.0. The van der Waals surface area contributed by atoms with Crippen LogP contribution in [-0.4, -0.2) is 262 Å². The van der Waals surface area contributed by atoms with E-state index in [1.54, 1.807) is 39.0 Å². The first-order valence-electron chi connectivity index (χ1n) is 37.2. The number of fused-ring (bicyclic) bond motifs is 3. The maximum Gasteiger partial charge on any atom is 0.329 e. The molecule has 3 heterocycles. The average molecular weight is 1610 g/mol. The first kappa shape index (κ1) is 95.4. The zero-order valence-corrected chi connectivity index (χ0v) is 66.4. The van der Waals surface area contributed by atoms with Gasteiger partial charge in [0.1, 0.15) is 61.3 Å². The number of cyclic esters (lactones) is 1. The summed E-state index contributed by atoms with van der Waals surface area (Å²) in [5.74, 6) is -22.8. The van der Waals surface area contributed by atoms with Crippen LogP contribution in [0.25, 0.3) is 0 Å². The molecule has 5 amide bonds. The standard InChI is InChI=1S/C75H113N7O27S2/c1-40-16-12-11-13-17-41(2)56(103-8)32-48-21-19-46(7)75(102,109-48)68(93)71(96)82-27-15-14-18-53(82)74(101)107-57(43(4)30-47-20-24-55(58(31-47)104-9)106-63(90)38-110-36-51(69(94)78-34-61(86)87)80-59(84)25-22-49(76)72(97)98)33-54(83)42(3)29-45(6)66(67(105-10)65(92)44(5)28-40)108-64(91)39-111-37-52(70(95)79-35-62(88)89)81-60(85)26-23-50(77)73(99)100/h11-13,16-17,29,40,42-44,46-53,55-58,66-67,102H,14-15,18-28,30-39,76-77H2,1-10H3,(H,78,94)(H,79,95)(H,80,84)(H,81,85)(H,86,87)(H,88,89)(H,97,98)(H,99,100)/b13-11+,16-12-,41-17+,45-29+/t40-,42+,43+,44+,46+,47-,48-,49-,50-,51-,52-,53-,55+,56-,57?,58+,66+,67-,75+/m0/s1. The molecule has 0 aromatic rings. The Morgan fingerprint density at radius 3 is 1.79 bits per heavy atom. The number of amides is 5. The third kappa shape index (κ3) is 31.5. The SMILES string of the molecule is CO[C@H]1C[C@@H]2CC[C@@H](C)[C@@](O)(O2)C(=O)C(=O)N2CCCC[C@H]2C(=O)OC([C@H](C)C[C@@H]2CC[C@@H](OC(=O)CSC[C@H](NC(=O)CC[C@H](N)C(=O)O)C(=O)NCC(=O)O)[C@H](OC)C2)CC(=O)[C@H](C)/C=C(\C)[C@@H](OC(=O)CSC[C@H](NC(=O)CC[C@H](N)C(=O)O)C(=O)NCC(=O)O)[C@@H](OC)C(=O)[C@H](C)C[C@@H](C)\C=C/C=C/C=C/1C. The van der Waals surface area contributed by atoms with Crippen molar-refractivity contribution in [2.75, 3.05) is 64.0 Å². The third-order valence-electron chi connectivity index (χ3n) is 20.1. The second kappa shape index (κ2) is 47.5. The van der Waals surface area contributed by atoms with Crippen molar-refractivity contribution in [1.29, 1.82) is 0 Å². The molecular formula is C75H113N7O27S2. The molecule has 1 aliphatic carbocycles. The Bertz CT molecular complexity index is 3390. The molecule has 2 saturated heterocycles. The maximum atomic E-state index is 15.0. The highest BCUT2D eigenvalue weighted by Gasteiger charge is 2.53. The number of allylic oxidation sites excluding steroid dienone is 6. The maximum absolute atomic E-state index is 15.0. The number of aliphatic hydroxyl groups is 1. The van der Waals surface area contributed by atoms with Gasteiger partial charge in [0.15, 0.2) is 18.0 Å². The van der Waals surface area contributed by atoms with Crippen molar-refractivity contribution in [1.82, 2.24) is 26.2 Å². The van der Waals surface area contributed by atoms with Crippen LogP contribution in [0, 0.1) is 35.5 Å². The average Bonchev–Trinajstić information content (AvgIpc) is 0.774. The summed E-state index contributed by atoms with van der Waals surface area (Å²) in [5.41, 5.74) is 12.0. The summed E-state index contributed by atoms with van der Waals surface area (Å²) in [6.45, 7) is 10.1. The second-order valence-corrected chi connectivity index (χ2v) is 31.0. The van der Waals surface area contributed by atoms with Gasteiger partial charge in [-0.15, -0.1) is 23.5 Å². The van der Waals surface area contributed by atoms with Gasteiger partial charge in [-0.3, -0.25) is 67.1 Å². The predicted octanol–water partition coefficient (Wildman–Crippen LogP) is 2.50. The fourth-order valence-electron chi connectivity index (χ4n) is 13.6. The van der Waals surface area contributed by atoms with Crippen LogP contribution < -0.4 is 32.7 Å². The lowest BCUT2D eigenvalue weighted by Gasteiger charge is -2.42. The van der Waals surface area contributed by atoms with Crippen LogP contribution in [-0.2, 0) is 105 Å². The van der Waals surface area contributed by atoms with Crippen LogP contribution in [0.5, 0.6) is 0 Å². The van der Waals surface area contributed by atoms with Crippen LogP contribution in [0.3, 0.4) is 0 Å². The number of Topliss-reactive ketones (excluding diaryl/α,β-unsaturated/α-hetero) is 3. The molecule has 3 fully saturated rings. The number of hydrogen-bond donors (Lipinski definition) is 11. The number of carboxylic acid groups (broad SMARTS) is 4. The van der Waals surface area contributed by atoms with Gasteiger partial charge < -0.3 is 96.3 Å². The first-order chi connectivity index (χ1) is 52.3. The normalized spacial score (nSPS) is 29.2. The van der Waals surface area contributed by atoms with Crippen molar-refractivity contribution in [3.63, 3.8) is 0 Å². The van der Waals surface area contributed by atoms with Gasteiger partial charge in [-0.2, -0.15) is 0 Å². The Labute approximate surface area is 654 Å². The Morgan fingerprint density at radius 1 is 0.676 bits per heavy atom. The quantitative estimate of drug-likeness (QED) is 0.0199. The highest BCUT2D eigenvalue weighted by atomic mass is 32.2. The van der Waals surface area contributed by atoms with Gasteiger partial charge in [0.05, 0.1) is 29.8 Å². The minimum absolute atomic E-state index is 0.0381. The lowest BCUT2D eigenvalue weighted by atomic mass is 9.78. The van der Waals surface area contributed by atoms with Gasteiger partial charge in [-0.1, -0.05) is 71.1 Å². The number of piperidine rings is 1. The number of nitrogens with zero attached hydrogens (tertiary/aromatic N) is 1.